The zero-order valence-corrected chi connectivity index (χ0v) is 13.8. The maximum atomic E-state index is 10.5. The normalized spacial score (nSPS) is 13.2. The van der Waals surface area contributed by atoms with Gasteiger partial charge >= 0.3 is 0 Å². The van der Waals surface area contributed by atoms with E-state index in [1.807, 2.05) is 0 Å². The zero-order chi connectivity index (χ0) is 15.1. The van der Waals surface area contributed by atoms with Crippen molar-refractivity contribution in [3.8, 4) is 0 Å². The van der Waals surface area contributed by atoms with Crippen molar-refractivity contribution in [2.24, 2.45) is 0 Å². The highest BCUT2D eigenvalue weighted by molar-refractivity contribution is 5.30. The molecule has 0 aliphatic heterocycles. The first-order valence-electron chi connectivity index (χ1n) is 7.94. The summed E-state index contributed by atoms with van der Waals surface area (Å²) in [5.41, 5.74) is 3.49. The van der Waals surface area contributed by atoms with E-state index in [9.17, 15) is 5.11 Å². The highest BCUT2D eigenvalue weighted by Gasteiger charge is 2.16. The van der Waals surface area contributed by atoms with Crippen molar-refractivity contribution < 1.29 is 5.11 Å². The summed E-state index contributed by atoms with van der Waals surface area (Å²) < 4.78 is 0. The Balaban J connectivity index is 2.67. The van der Waals surface area contributed by atoms with Gasteiger partial charge in [-0.15, -0.1) is 0 Å². The number of rotatable bonds is 8. The molecule has 1 unspecified atom stereocenters. The van der Waals surface area contributed by atoms with Crippen LogP contribution in [0.15, 0.2) is 18.2 Å². The molecule has 20 heavy (non-hydrogen) atoms. The fourth-order valence-electron chi connectivity index (χ4n) is 2.66. The molecular formula is C18H31NO. The molecule has 0 heterocycles. The van der Waals surface area contributed by atoms with Crippen LogP contribution in [-0.2, 0) is 0 Å². The quantitative estimate of drug-likeness (QED) is 0.719. The number of aryl methyl sites for hydroxylation is 2. The third-order valence-electron chi connectivity index (χ3n) is 3.82. The number of aliphatic hydroxyl groups is 1. The number of hydrogen-bond acceptors (Lipinski definition) is 2. The highest BCUT2D eigenvalue weighted by atomic mass is 16.3. The number of aliphatic hydroxyl groups excluding tert-OH is 1. The molecular weight excluding hydrogens is 246 g/mol. The third-order valence-corrected chi connectivity index (χ3v) is 3.82. The number of unbranched alkanes of at least 4 members (excludes halogenated alkanes) is 2. The summed E-state index contributed by atoms with van der Waals surface area (Å²) in [5.74, 6) is 0. The molecule has 0 fully saturated rings. The lowest BCUT2D eigenvalue weighted by Gasteiger charge is -2.29. The van der Waals surface area contributed by atoms with Crippen LogP contribution in [0, 0.1) is 13.8 Å². The van der Waals surface area contributed by atoms with Crippen LogP contribution in [-0.4, -0.2) is 29.1 Å². The minimum absolute atomic E-state index is 0.391. The fraction of sp³-hybridized carbons (Fsp3) is 0.667. The molecule has 0 saturated carbocycles. The van der Waals surface area contributed by atoms with E-state index in [1.165, 1.54) is 30.4 Å². The molecule has 1 N–H and O–H groups in total. The van der Waals surface area contributed by atoms with Crippen LogP contribution < -0.4 is 0 Å². The van der Waals surface area contributed by atoms with E-state index in [1.54, 1.807) is 0 Å². The largest absolute Gasteiger partial charge is 0.387 e. The van der Waals surface area contributed by atoms with E-state index in [4.69, 9.17) is 0 Å². The Bertz CT molecular complexity index is 380. The molecule has 0 bridgehead atoms. The van der Waals surface area contributed by atoms with E-state index in [0.717, 1.165) is 18.7 Å². The topological polar surface area (TPSA) is 23.5 Å². The van der Waals surface area contributed by atoms with Crippen LogP contribution in [0.5, 0.6) is 0 Å². The van der Waals surface area contributed by atoms with Crippen molar-refractivity contribution in [1.29, 1.82) is 0 Å². The van der Waals surface area contributed by atoms with E-state index in [0.29, 0.717) is 6.04 Å². The Kier molecular flexibility index (Phi) is 7.25. The summed E-state index contributed by atoms with van der Waals surface area (Å²) in [6.07, 6.45) is 3.33. The molecule has 0 saturated heterocycles. The van der Waals surface area contributed by atoms with Gasteiger partial charge in [-0.1, -0.05) is 49.1 Å². The standard InChI is InChI=1S/C18H31NO/c1-6-7-8-9-19(14(2)3)13-18(20)17-11-15(4)10-16(5)12-17/h10-12,14,18,20H,6-9,13H2,1-5H3. The average Bonchev–Trinajstić information content (AvgIpc) is 2.36. The van der Waals surface area contributed by atoms with Crippen LogP contribution in [0.25, 0.3) is 0 Å². The minimum Gasteiger partial charge on any atom is -0.387 e. The van der Waals surface area contributed by atoms with Gasteiger partial charge in [0.15, 0.2) is 0 Å². The number of nitrogens with zero attached hydrogens (tertiary/aromatic N) is 1. The Morgan fingerprint density at radius 3 is 2.15 bits per heavy atom. The summed E-state index contributed by atoms with van der Waals surface area (Å²) >= 11 is 0. The van der Waals surface area contributed by atoms with Crippen molar-refractivity contribution >= 4 is 0 Å². The van der Waals surface area contributed by atoms with Gasteiger partial charge in [0.1, 0.15) is 0 Å². The predicted octanol–water partition coefficient (Wildman–Crippen LogP) is 4.24. The first-order valence-corrected chi connectivity index (χ1v) is 7.94. The average molecular weight is 277 g/mol. The Morgan fingerprint density at radius 2 is 1.65 bits per heavy atom. The molecule has 114 valence electrons. The molecule has 0 aliphatic carbocycles. The van der Waals surface area contributed by atoms with Crippen LogP contribution >= 0.6 is 0 Å². The lowest BCUT2D eigenvalue weighted by atomic mass is 10.0. The molecule has 1 atom stereocenters. The molecule has 1 aromatic rings. The van der Waals surface area contributed by atoms with Gasteiger partial charge in [0.2, 0.25) is 0 Å². The zero-order valence-electron chi connectivity index (χ0n) is 13.8. The summed E-state index contributed by atoms with van der Waals surface area (Å²) in [6.45, 7) is 12.6. The first kappa shape index (κ1) is 17.2. The minimum atomic E-state index is -0.391. The van der Waals surface area contributed by atoms with Crippen molar-refractivity contribution in [3.63, 3.8) is 0 Å². The monoisotopic (exact) mass is 277 g/mol. The van der Waals surface area contributed by atoms with Gasteiger partial charge in [-0.25, -0.2) is 0 Å². The lowest BCUT2D eigenvalue weighted by Crippen LogP contribution is -2.35. The molecule has 0 spiro atoms. The van der Waals surface area contributed by atoms with Crippen LogP contribution in [0.3, 0.4) is 0 Å². The smallest absolute Gasteiger partial charge is 0.0917 e. The SMILES string of the molecule is CCCCCN(CC(O)c1cc(C)cc(C)c1)C(C)C. The van der Waals surface area contributed by atoms with Crippen molar-refractivity contribution in [3.05, 3.63) is 34.9 Å². The Hall–Kier alpha value is -0.860. The van der Waals surface area contributed by atoms with E-state index in [2.05, 4.69) is 57.7 Å². The van der Waals surface area contributed by atoms with E-state index < -0.39 is 6.10 Å². The second-order valence-electron chi connectivity index (χ2n) is 6.23. The van der Waals surface area contributed by atoms with Gasteiger partial charge in [0, 0.05) is 12.6 Å². The molecule has 0 radical (unpaired) electrons. The highest BCUT2D eigenvalue weighted by Crippen LogP contribution is 2.19. The first-order chi connectivity index (χ1) is 9.43. The molecule has 1 aromatic carbocycles. The molecule has 0 amide bonds. The Labute approximate surface area is 124 Å². The van der Waals surface area contributed by atoms with E-state index in [-0.39, 0.29) is 0 Å². The number of benzene rings is 1. The second-order valence-corrected chi connectivity index (χ2v) is 6.23. The van der Waals surface area contributed by atoms with E-state index >= 15 is 0 Å². The van der Waals surface area contributed by atoms with Crippen molar-refractivity contribution in [2.45, 2.75) is 66.0 Å². The van der Waals surface area contributed by atoms with Gasteiger partial charge in [0.05, 0.1) is 6.10 Å². The fourth-order valence-corrected chi connectivity index (χ4v) is 2.66. The lowest BCUT2D eigenvalue weighted by molar-refractivity contribution is 0.0941. The van der Waals surface area contributed by atoms with Gasteiger partial charge in [-0.2, -0.15) is 0 Å². The number of hydrogen-bond donors (Lipinski definition) is 1. The van der Waals surface area contributed by atoms with Gasteiger partial charge in [0.25, 0.3) is 0 Å². The molecule has 2 nitrogen and oxygen atoms in total. The van der Waals surface area contributed by atoms with Crippen LogP contribution in [0.4, 0.5) is 0 Å². The summed E-state index contributed by atoms with van der Waals surface area (Å²) in [5, 5.41) is 10.5. The van der Waals surface area contributed by atoms with Crippen molar-refractivity contribution in [2.75, 3.05) is 13.1 Å². The summed E-state index contributed by atoms with van der Waals surface area (Å²) in [4.78, 5) is 2.39. The predicted molar refractivity (Wildman–Crippen MR) is 87.1 cm³/mol. The third kappa shape index (κ3) is 5.64. The molecule has 1 rings (SSSR count). The van der Waals surface area contributed by atoms with Crippen LogP contribution in [0.2, 0.25) is 0 Å². The van der Waals surface area contributed by atoms with Crippen LogP contribution in [0.1, 0.15) is 62.8 Å². The maximum Gasteiger partial charge on any atom is 0.0917 e. The van der Waals surface area contributed by atoms with Gasteiger partial charge < -0.3 is 5.11 Å². The second kappa shape index (κ2) is 8.43. The molecule has 2 heteroatoms. The van der Waals surface area contributed by atoms with Gasteiger partial charge in [-0.05, 0) is 46.2 Å². The van der Waals surface area contributed by atoms with Gasteiger partial charge in [-0.3, -0.25) is 4.90 Å². The Morgan fingerprint density at radius 1 is 1.05 bits per heavy atom. The molecule has 0 aliphatic rings. The van der Waals surface area contributed by atoms with Crippen molar-refractivity contribution in [1.82, 2.24) is 4.90 Å². The molecule has 0 aromatic heterocycles. The maximum absolute atomic E-state index is 10.5. The summed E-state index contributed by atoms with van der Waals surface area (Å²) in [7, 11) is 0. The summed E-state index contributed by atoms with van der Waals surface area (Å²) in [6, 6.07) is 6.83.